The summed E-state index contributed by atoms with van der Waals surface area (Å²) in [6.07, 6.45) is 2.00. The Morgan fingerprint density at radius 2 is 1.76 bits per heavy atom. The first-order valence-corrected chi connectivity index (χ1v) is 11.7. The molecule has 154 valence electrons. The van der Waals surface area contributed by atoms with Crippen LogP contribution in [0, 0.1) is 0 Å². The molecule has 0 radical (unpaired) electrons. The molecule has 3 heterocycles. The standard InChI is InChI=1S/C23H27ClN2O2S/c24-18-5-6-22-19(16-18)20(15-17-3-1-2-4-21(17)29-22)26-11-9-25(10-12-26)8-7-23-27-13-14-28-23/h1-6,16,20,23H,7-15H2. The van der Waals surface area contributed by atoms with Gasteiger partial charge in [-0.25, -0.2) is 0 Å². The molecule has 3 aliphatic rings. The Morgan fingerprint density at radius 1 is 0.966 bits per heavy atom. The van der Waals surface area contributed by atoms with Crippen molar-refractivity contribution in [3.8, 4) is 0 Å². The van der Waals surface area contributed by atoms with Gasteiger partial charge in [-0.1, -0.05) is 41.6 Å². The molecule has 5 rings (SSSR count). The monoisotopic (exact) mass is 430 g/mol. The smallest absolute Gasteiger partial charge is 0.159 e. The first kappa shape index (κ1) is 19.9. The van der Waals surface area contributed by atoms with Crippen LogP contribution >= 0.6 is 23.4 Å². The molecule has 0 amide bonds. The maximum absolute atomic E-state index is 6.41. The predicted octanol–water partition coefficient (Wildman–Crippen LogP) is 4.47. The van der Waals surface area contributed by atoms with Crippen molar-refractivity contribution in [2.75, 3.05) is 45.9 Å². The normalized spacial score (nSPS) is 23.6. The number of ether oxygens (including phenoxy) is 2. The fourth-order valence-corrected chi connectivity index (χ4v) is 5.86. The minimum atomic E-state index is -0.00238. The summed E-state index contributed by atoms with van der Waals surface area (Å²) in [5, 5.41) is 0.829. The zero-order valence-electron chi connectivity index (χ0n) is 16.6. The molecular formula is C23H27ClN2O2S. The van der Waals surface area contributed by atoms with Crippen LogP contribution in [0.15, 0.2) is 52.3 Å². The number of rotatable bonds is 4. The quantitative estimate of drug-likeness (QED) is 0.712. The number of nitrogens with zero attached hydrogens (tertiary/aromatic N) is 2. The van der Waals surface area contributed by atoms with E-state index < -0.39 is 0 Å². The second-order valence-electron chi connectivity index (χ2n) is 7.95. The maximum atomic E-state index is 6.41. The molecule has 0 saturated carbocycles. The third-order valence-corrected chi connectivity index (χ3v) is 7.60. The van der Waals surface area contributed by atoms with E-state index in [0.717, 1.165) is 63.8 Å². The van der Waals surface area contributed by atoms with Crippen molar-refractivity contribution in [1.29, 1.82) is 0 Å². The van der Waals surface area contributed by atoms with E-state index in [-0.39, 0.29) is 6.29 Å². The van der Waals surface area contributed by atoms with Crippen LogP contribution in [-0.4, -0.2) is 62.0 Å². The van der Waals surface area contributed by atoms with Gasteiger partial charge in [0.2, 0.25) is 0 Å². The van der Waals surface area contributed by atoms with Gasteiger partial charge in [0.25, 0.3) is 0 Å². The molecule has 1 atom stereocenters. The molecule has 2 fully saturated rings. The van der Waals surface area contributed by atoms with E-state index in [1.807, 2.05) is 17.8 Å². The van der Waals surface area contributed by atoms with Crippen molar-refractivity contribution in [3.63, 3.8) is 0 Å². The lowest BCUT2D eigenvalue weighted by atomic mass is 9.96. The third kappa shape index (κ3) is 4.50. The number of hydrogen-bond donors (Lipinski definition) is 0. The fraction of sp³-hybridized carbons (Fsp3) is 0.478. The van der Waals surface area contributed by atoms with Crippen molar-refractivity contribution in [2.45, 2.75) is 35.0 Å². The van der Waals surface area contributed by atoms with Gasteiger partial charge in [-0.2, -0.15) is 0 Å². The molecular weight excluding hydrogens is 404 g/mol. The van der Waals surface area contributed by atoms with E-state index in [1.54, 1.807) is 0 Å². The topological polar surface area (TPSA) is 24.9 Å². The highest BCUT2D eigenvalue weighted by atomic mass is 35.5. The van der Waals surface area contributed by atoms with Crippen molar-refractivity contribution >= 4 is 23.4 Å². The van der Waals surface area contributed by atoms with Gasteiger partial charge in [-0.05, 0) is 41.8 Å². The molecule has 2 aromatic rings. The number of benzene rings is 2. The summed E-state index contributed by atoms with van der Waals surface area (Å²) in [7, 11) is 0. The molecule has 0 aromatic heterocycles. The Hall–Kier alpha value is -1.08. The van der Waals surface area contributed by atoms with E-state index in [4.69, 9.17) is 21.1 Å². The Morgan fingerprint density at radius 3 is 2.59 bits per heavy atom. The van der Waals surface area contributed by atoms with Crippen molar-refractivity contribution in [1.82, 2.24) is 9.80 Å². The SMILES string of the molecule is Clc1ccc2c(c1)C(N1CCN(CCC3OCCO3)CC1)Cc1ccccc1S2. The van der Waals surface area contributed by atoms with Crippen LogP contribution in [0.25, 0.3) is 0 Å². The summed E-state index contributed by atoms with van der Waals surface area (Å²) in [5.74, 6) is 0. The Labute approximate surface area is 182 Å². The molecule has 0 spiro atoms. The second kappa shape index (κ2) is 8.96. The summed E-state index contributed by atoms with van der Waals surface area (Å²) in [5.41, 5.74) is 2.81. The second-order valence-corrected chi connectivity index (χ2v) is 9.47. The predicted molar refractivity (Wildman–Crippen MR) is 117 cm³/mol. The zero-order chi connectivity index (χ0) is 19.6. The Bertz CT molecular complexity index is 851. The number of halogens is 1. The van der Waals surface area contributed by atoms with Gasteiger partial charge >= 0.3 is 0 Å². The van der Waals surface area contributed by atoms with Crippen LogP contribution < -0.4 is 0 Å². The molecule has 3 aliphatic heterocycles. The maximum Gasteiger partial charge on any atom is 0.159 e. The summed E-state index contributed by atoms with van der Waals surface area (Å²) >= 11 is 8.29. The average molecular weight is 431 g/mol. The van der Waals surface area contributed by atoms with Crippen LogP contribution in [0.1, 0.15) is 23.6 Å². The minimum absolute atomic E-state index is 0.00238. The van der Waals surface area contributed by atoms with Gasteiger partial charge in [0.05, 0.1) is 13.2 Å². The van der Waals surface area contributed by atoms with E-state index in [2.05, 4.69) is 46.2 Å². The number of fused-ring (bicyclic) bond motifs is 2. The molecule has 29 heavy (non-hydrogen) atoms. The largest absolute Gasteiger partial charge is 0.350 e. The van der Waals surface area contributed by atoms with Crippen LogP contribution in [0.2, 0.25) is 5.02 Å². The average Bonchev–Trinajstić information content (AvgIpc) is 3.21. The molecule has 4 nitrogen and oxygen atoms in total. The van der Waals surface area contributed by atoms with E-state index in [9.17, 15) is 0 Å². The molecule has 1 unspecified atom stereocenters. The van der Waals surface area contributed by atoms with E-state index in [0.29, 0.717) is 6.04 Å². The number of piperazine rings is 1. The van der Waals surface area contributed by atoms with Crippen LogP contribution in [0.5, 0.6) is 0 Å². The van der Waals surface area contributed by atoms with Gasteiger partial charge in [0.15, 0.2) is 6.29 Å². The first-order valence-electron chi connectivity index (χ1n) is 10.5. The molecule has 2 aromatic carbocycles. The zero-order valence-corrected chi connectivity index (χ0v) is 18.1. The summed E-state index contributed by atoms with van der Waals surface area (Å²) in [6.45, 7) is 6.86. The van der Waals surface area contributed by atoms with Crippen LogP contribution in [0.4, 0.5) is 0 Å². The third-order valence-electron chi connectivity index (χ3n) is 6.16. The van der Waals surface area contributed by atoms with Gasteiger partial charge in [-0.3, -0.25) is 4.90 Å². The highest BCUT2D eigenvalue weighted by Gasteiger charge is 2.30. The van der Waals surface area contributed by atoms with Crippen molar-refractivity contribution < 1.29 is 9.47 Å². The van der Waals surface area contributed by atoms with Gasteiger partial charge in [0.1, 0.15) is 0 Å². The van der Waals surface area contributed by atoms with Gasteiger partial charge < -0.3 is 14.4 Å². The van der Waals surface area contributed by atoms with E-state index >= 15 is 0 Å². The molecule has 0 N–H and O–H groups in total. The van der Waals surface area contributed by atoms with Gasteiger partial charge in [0, 0.05) is 60.0 Å². The lowest BCUT2D eigenvalue weighted by Gasteiger charge is -2.40. The minimum Gasteiger partial charge on any atom is -0.350 e. The molecule has 2 saturated heterocycles. The van der Waals surface area contributed by atoms with Crippen molar-refractivity contribution in [2.24, 2.45) is 0 Å². The lowest BCUT2D eigenvalue weighted by molar-refractivity contribution is -0.0538. The first-order chi connectivity index (χ1) is 14.3. The lowest BCUT2D eigenvalue weighted by Crippen LogP contribution is -2.48. The Balaban J connectivity index is 1.30. The molecule has 6 heteroatoms. The summed E-state index contributed by atoms with van der Waals surface area (Å²) in [4.78, 5) is 7.90. The molecule has 0 aliphatic carbocycles. The van der Waals surface area contributed by atoms with Gasteiger partial charge in [-0.15, -0.1) is 0 Å². The van der Waals surface area contributed by atoms with Crippen LogP contribution in [-0.2, 0) is 15.9 Å². The summed E-state index contributed by atoms with van der Waals surface area (Å²) < 4.78 is 11.2. The summed E-state index contributed by atoms with van der Waals surface area (Å²) in [6, 6.07) is 15.6. The highest BCUT2D eigenvalue weighted by molar-refractivity contribution is 7.99. The number of hydrogen-bond acceptors (Lipinski definition) is 5. The van der Waals surface area contributed by atoms with Crippen LogP contribution in [0.3, 0.4) is 0 Å². The van der Waals surface area contributed by atoms with E-state index in [1.165, 1.54) is 20.9 Å². The molecule has 0 bridgehead atoms. The Kier molecular flexibility index (Phi) is 6.14. The van der Waals surface area contributed by atoms with Crippen molar-refractivity contribution in [3.05, 3.63) is 58.6 Å². The fourth-order valence-electron chi connectivity index (χ4n) is 4.57. The highest BCUT2D eigenvalue weighted by Crippen LogP contribution is 2.43.